The SMILES string of the molecule is COC(=O)[C@@]12CCC3(CCN(C(=O)OC(C)(C)C)CC3)[C@H]1CNC2. The molecule has 0 bridgehead atoms. The van der Waals surface area contributed by atoms with Crippen molar-refractivity contribution in [3.8, 4) is 0 Å². The second-order valence-electron chi connectivity index (χ2n) is 8.66. The average Bonchev–Trinajstić information content (AvgIpc) is 3.07. The van der Waals surface area contributed by atoms with Crippen LogP contribution in [0.2, 0.25) is 0 Å². The van der Waals surface area contributed by atoms with Crippen LogP contribution in [0.5, 0.6) is 0 Å². The fourth-order valence-electron chi connectivity index (χ4n) is 5.05. The molecular weight excluding hydrogens is 308 g/mol. The summed E-state index contributed by atoms with van der Waals surface area (Å²) < 4.78 is 10.6. The molecule has 136 valence electrons. The number of carbonyl (C=O) groups is 2. The Morgan fingerprint density at radius 3 is 2.38 bits per heavy atom. The number of fused-ring (bicyclic) bond motifs is 2. The Kier molecular flexibility index (Phi) is 4.31. The highest BCUT2D eigenvalue weighted by Crippen LogP contribution is 2.60. The second kappa shape index (κ2) is 5.90. The zero-order valence-electron chi connectivity index (χ0n) is 15.3. The maximum absolute atomic E-state index is 12.4. The van der Waals surface area contributed by atoms with Crippen molar-refractivity contribution in [2.24, 2.45) is 16.7 Å². The molecule has 1 spiro atoms. The molecule has 2 heterocycles. The van der Waals surface area contributed by atoms with Gasteiger partial charge in [-0.05, 0) is 64.3 Å². The fourth-order valence-corrected chi connectivity index (χ4v) is 5.05. The van der Waals surface area contributed by atoms with Crippen molar-refractivity contribution >= 4 is 12.1 Å². The molecule has 1 aliphatic carbocycles. The number of piperidine rings is 1. The van der Waals surface area contributed by atoms with Crippen molar-refractivity contribution in [2.45, 2.75) is 52.1 Å². The summed E-state index contributed by atoms with van der Waals surface area (Å²) in [6.45, 7) is 8.70. The Balaban J connectivity index is 1.68. The quantitative estimate of drug-likeness (QED) is 0.742. The molecule has 6 nitrogen and oxygen atoms in total. The normalized spacial score (nSPS) is 31.8. The summed E-state index contributed by atoms with van der Waals surface area (Å²) in [6, 6.07) is 0. The third kappa shape index (κ3) is 2.79. The summed E-state index contributed by atoms with van der Waals surface area (Å²) in [7, 11) is 1.49. The van der Waals surface area contributed by atoms with Gasteiger partial charge in [-0.3, -0.25) is 4.79 Å². The van der Waals surface area contributed by atoms with E-state index in [0.29, 0.717) is 19.0 Å². The van der Waals surface area contributed by atoms with Crippen molar-refractivity contribution in [1.29, 1.82) is 0 Å². The van der Waals surface area contributed by atoms with Crippen molar-refractivity contribution in [3.63, 3.8) is 0 Å². The maximum Gasteiger partial charge on any atom is 0.410 e. The van der Waals surface area contributed by atoms with Gasteiger partial charge in [-0.25, -0.2) is 4.79 Å². The van der Waals surface area contributed by atoms with Crippen LogP contribution < -0.4 is 5.32 Å². The Morgan fingerprint density at radius 2 is 1.79 bits per heavy atom. The molecule has 24 heavy (non-hydrogen) atoms. The lowest BCUT2D eigenvalue weighted by molar-refractivity contribution is -0.154. The summed E-state index contributed by atoms with van der Waals surface area (Å²) in [5.41, 5.74) is -0.673. The van der Waals surface area contributed by atoms with Crippen molar-refractivity contribution in [3.05, 3.63) is 0 Å². The van der Waals surface area contributed by atoms with Gasteiger partial charge in [-0.15, -0.1) is 0 Å². The molecule has 1 N–H and O–H groups in total. The minimum atomic E-state index is -0.463. The third-order valence-electron chi connectivity index (χ3n) is 6.27. The first kappa shape index (κ1) is 17.5. The van der Waals surface area contributed by atoms with Gasteiger partial charge < -0.3 is 19.7 Å². The minimum Gasteiger partial charge on any atom is -0.469 e. The number of methoxy groups -OCH3 is 1. The van der Waals surface area contributed by atoms with E-state index in [1.807, 2.05) is 25.7 Å². The summed E-state index contributed by atoms with van der Waals surface area (Å²) in [5, 5.41) is 3.41. The monoisotopic (exact) mass is 338 g/mol. The Labute approximate surface area is 144 Å². The number of esters is 1. The van der Waals surface area contributed by atoms with E-state index in [2.05, 4.69) is 5.32 Å². The van der Waals surface area contributed by atoms with Gasteiger partial charge in [-0.2, -0.15) is 0 Å². The van der Waals surface area contributed by atoms with Gasteiger partial charge in [0.2, 0.25) is 0 Å². The molecule has 3 fully saturated rings. The van der Waals surface area contributed by atoms with E-state index < -0.39 is 5.60 Å². The van der Waals surface area contributed by atoms with E-state index in [0.717, 1.165) is 38.8 Å². The van der Waals surface area contributed by atoms with Gasteiger partial charge in [0.25, 0.3) is 0 Å². The van der Waals surface area contributed by atoms with Crippen LogP contribution in [0.4, 0.5) is 4.79 Å². The molecule has 0 radical (unpaired) electrons. The van der Waals surface area contributed by atoms with Crippen LogP contribution in [0, 0.1) is 16.7 Å². The molecule has 0 aromatic carbocycles. The fraction of sp³-hybridized carbons (Fsp3) is 0.889. The highest BCUT2D eigenvalue weighted by Gasteiger charge is 2.63. The first-order chi connectivity index (χ1) is 11.2. The van der Waals surface area contributed by atoms with Crippen LogP contribution in [0.25, 0.3) is 0 Å². The predicted octanol–water partition coefficient (Wildman–Crippen LogP) is 2.18. The summed E-state index contributed by atoms with van der Waals surface area (Å²) >= 11 is 0. The number of amides is 1. The lowest BCUT2D eigenvalue weighted by Gasteiger charge is -2.44. The van der Waals surface area contributed by atoms with E-state index in [9.17, 15) is 9.59 Å². The molecular formula is C18H30N2O4. The van der Waals surface area contributed by atoms with Gasteiger partial charge in [-0.1, -0.05) is 0 Å². The molecule has 2 atom stereocenters. The molecule has 0 aromatic heterocycles. The Hall–Kier alpha value is -1.30. The van der Waals surface area contributed by atoms with E-state index in [1.54, 1.807) is 0 Å². The van der Waals surface area contributed by atoms with E-state index in [-0.39, 0.29) is 22.9 Å². The number of nitrogens with zero attached hydrogens (tertiary/aromatic N) is 1. The predicted molar refractivity (Wildman–Crippen MR) is 89.5 cm³/mol. The lowest BCUT2D eigenvalue weighted by Crippen LogP contribution is -2.48. The van der Waals surface area contributed by atoms with Crippen LogP contribution in [0.3, 0.4) is 0 Å². The zero-order valence-corrected chi connectivity index (χ0v) is 15.3. The number of rotatable bonds is 1. The van der Waals surface area contributed by atoms with Crippen molar-refractivity contribution in [1.82, 2.24) is 10.2 Å². The van der Waals surface area contributed by atoms with Crippen LogP contribution >= 0.6 is 0 Å². The molecule has 1 saturated carbocycles. The summed E-state index contributed by atoms with van der Waals surface area (Å²) in [5.74, 6) is 0.252. The van der Waals surface area contributed by atoms with Crippen molar-refractivity contribution in [2.75, 3.05) is 33.3 Å². The van der Waals surface area contributed by atoms with Gasteiger partial charge >= 0.3 is 12.1 Å². The van der Waals surface area contributed by atoms with Crippen LogP contribution in [-0.4, -0.2) is 55.9 Å². The standard InChI is InChI=1S/C18H30N2O4/c1-16(2,3)24-15(22)20-9-7-17(8-10-20)5-6-18(14(21)23-4)12-19-11-13(17)18/h13,19H,5-12H2,1-4H3/t13-,18-/m1/s1. The first-order valence-electron chi connectivity index (χ1n) is 9.00. The molecule has 3 aliphatic rings. The largest absolute Gasteiger partial charge is 0.469 e. The summed E-state index contributed by atoms with van der Waals surface area (Å²) in [4.78, 5) is 26.5. The number of carbonyl (C=O) groups excluding carboxylic acids is 2. The molecule has 1 amide bonds. The number of hydrogen-bond acceptors (Lipinski definition) is 5. The van der Waals surface area contributed by atoms with Crippen LogP contribution in [0.15, 0.2) is 0 Å². The molecule has 6 heteroatoms. The Morgan fingerprint density at radius 1 is 1.12 bits per heavy atom. The Bertz CT molecular complexity index is 520. The van der Waals surface area contributed by atoms with Crippen LogP contribution in [0.1, 0.15) is 46.5 Å². The van der Waals surface area contributed by atoms with Gasteiger partial charge in [0.15, 0.2) is 0 Å². The van der Waals surface area contributed by atoms with Crippen LogP contribution in [-0.2, 0) is 14.3 Å². The number of hydrogen-bond donors (Lipinski definition) is 1. The average molecular weight is 338 g/mol. The molecule has 0 unspecified atom stereocenters. The van der Waals surface area contributed by atoms with Crippen molar-refractivity contribution < 1.29 is 19.1 Å². The first-order valence-corrected chi connectivity index (χ1v) is 9.00. The summed E-state index contributed by atoms with van der Waals surface area (Å²) in [6.07, 6.45) is 3.61. The van der Waals surface area contributed by atoms with E-state index >= 15 is 0 Å². The minimum absolute atomic E-state index is 0.0658. The highest BCUT2D eigenvalue weighted by molar-refractivity contribution is 5.79. The van der Waals surface area contributed by atoms with Gasteiger partial charge in [0, 0.05) is 19.6 Å². The lowest BCUT2D eigenvalue weighted by atomic mass is 9.66. The molecule has 2 aliphatic heterocycles. The number of likely N-dealkylation sites (tertiary alicyclic amines) is 1. The molecule has 3 rings (SSSR count). The number of ether oxygens (including phenoxy) is 2. The smallest absolute Gasteiger partial charge is 0.410 e. The highest BCUT2D eigenvalue weighted by atomic mass is 16.6. The van der Waals surface area contributed by atoms with Gasteiger partial charge in [0.1, 0.15) is 5.60 Å². The molecule has 2 saturated heterocycles. The second-order valence-corrected chi connectivity index (χ2v) is 8.66. The number of nitrogens with one attached hydrogen (secondary N) is 1. The van der Waals surface area contributed by atoms with E-state index in [1.165, 1.54) is 7.11 Å². The molecule has 0 aromatic rings. The topological polar surface area (TPSA) is 67.9 Å². The maximum atomic E-state index is 12.4. The third-order valence-corrected chi connectivity index (χ3v) is 6.27. The zero-order chi connectivity index (χ0) is 17.6. The van der Waals surface area contributed by atoms with Gasteiger partial charge in [0.05, 0.1) is 12.5 Å². The van der Waals surface area contributed by atoms with E-state index in [4.69, 9.17) is 9.47 Å².